The van der Waals surface area contributed by atoms with Crippen LogP contribution in [-0.4, -0.2) is 40.5 Å². The topological polar surface area (TPSA) is 62.3 Å². The van der Waals surface area contributed by atoms with E-state index in [9.17, 15) is 9.59 Å². The lowest BCUT2D eigenvalue weighted by atomic mass is 9.97. The van der Waals surface area contributed by atoms with Gasteiger partial charge >= 0.3 is 0 Å². The van der Waals surface area contributed by atoms with Gasteiger partial charge in [-0.1, -0.05) is 15.9 Å². The number of amides is 2. The van der Waals surface area contributed by atoms with E-state index < -0.39 is 0 Å². The number of carbonyl (C=O) groups is 2. The van der Waals surface area contributed by atoms with Crippen LogP contribution in [0, 0.1) is 19.8 Å². The first-order valence-electron chi connectivity index (χ1n) is 8.81. The average molecular weight is 468 g/mol. The fourth-order valence-electron chi connectivity index (χ4n) is 3.05. The Morgan fingerprint density at radius 1 is 1.37 bits per heavy atom. The fourth-order valence-corrected chi connectivity index (χ4v) is 5.05. The number of halogens is 1. The van der Waals surface area contributed by atoms with E-state index in [4.69, 9.17) is 0 Å². The first-order valence-corrected chi connectivity index (χ1v) is 11.5. The highest BCUT2D eigenvalue weighted by atomic mass is 79.9. The molecule has 8 heteroatoms. The van der Waals surface area contributed by atoms with Gasteiger partial charge in [0, 0.05) is 34.0 Å². The lowest BCUT2D eigenvalue weighted by Crippen LogP contribution is -2.44. The van der Waals surface area contributed by atoms with Crippen molar-refractivity contribution in [1.29, 1.82) is 0 Å². The zero-order valence-electron chi connectivity index (χ0n) is 15.3. The lowest BCUT2D eigenvalue weighted by Gasteiger charge is -2.32. The molecule has 1 fully saturated rings. The Morgan fingerprint density at radius 2 is 2.19 bits per heavy atom. The van der Waals surface area contributed by atoms with Gasteiger partial charge in [-0.3, -0.25) is 9.59 Å². The Kier molecular flexibility index (Phi) is 6.94. The summed E-state index contributed by atoms with van der Waals surface area (Å²) in [7, 11) is 0. The molecule has 3 rings (SSSR count). The Morgan fingerprint density at radius 3 is 2.93 bits per heavy atom. The average Bonchev–Trinajstić information content (AvgIpc) is 3.16. The number of nitrogens with one attached hydrogen (secondary N) is 1. The van der Waals surface area contributed by atoms with Gasteiger partial charge in [0.05, 0.1) is 11.7 Å². The third-order valence-corrected chi connectivity index (χ3v) is 7.30. The normalized spacial score (nSPS) is 17.0. The predicted octanol–water partition coefficient (Wildman–Crippen LogP) is 4.49. The van der Waals surface area contributed by atoms with Crippen LogP contribution in [0.4, 0.5) is 5.13 Å². The van der Waals surface area contributed by atoms with E-state index >= 15 is 0 Å². The predicted molar refractivity (Wildman–Crippen MR) is 114 cm³/mol. The van der Waals surface area contributed by atoms with Crippen molar-refractivity contribution in [2.75, 3.05) is 24.2 Å². The second kappa shape index (κ2) is 9.21. The molecule has 1 saturated heterocycles. The molecular formula is C19H22BrN3O2S2. The number of piperidine rings is 1. The standard InChI is InChI=1S/C19H22BrN3O2S2/c1-12-9-16(13(2)8-15(12)20)27-11-17(24)23-6-3-4-14(10-23)18(25)22-19-21-5-7-26-19/h5,7-9,14H,3-4,6,10-11H2,1-2H3,(H,21,22,25)/t14-/m1/s1. The maximum atomic E-state index is 12.7. The molecule has 0 radical (unpaired) electrons. The summed E-state index contributed by atoms with van der Waals surface area (Å²) < 4.78 is 1.08. The van der Waals surface area contributed by atoms with Crippen LogP contribution < -0.4 is 5.32 Å². The van der Waals surface area contributed by atoms with Crippen LogP contribution in [0.5, 0.6) is 0 Å². The Balaban J connectivity index is 1.55. The number of aryl methyl sites for hydroxylation is 2. The van der Waals surface area contributed by atoms with Crippen molar-refractivity contribution < 1.29 is 9.59 Å². The minimum atomic E-state index is -0.173. The molecular weight excluding hydrogens is 446 g/mol. The van der Waals surface area contributed by atoms with Crippen molar-refractivity contribution in [1.82, 2.24) is 9.88 Å². The Bertz CT molecular complexity index is 827. The number of hydrogen-bond acceptors (Lipinski definition) is 5. The van der Waals surface area contributed by atoms with Crippen LogP contribution in [0.3, 0.4) is 0 Å². The van der Waals surface area contributed by atoms with Gasteiger partial charge in [0.25, 0.3) is 0 Å². The maximum Gasteiger partial charge on any atom is 0.232 e. The molecule has 1 N–H and O–H groups in total. The number of thiazole rings is 1. The van der Waals surface area contributed by atoms with Crippen molar-refractivity contribution in [2.24, 2.45) is 5.92 Å². The molecule has 1 atom stereocenters. The van der Waals surface area contributed by atoms with Crippen molar-refractivity contribution in [3.63, 3.8) is 0 Å². The number of carbonyl (C=O) groups excluding carboxylic acids is 2. The van der Waals surface area contributed by atoms with Gasteiger partial charge in [-0.2, -0.15) is 0 Å². The minimum Gasteiger partial charge on any atom is -0.341 e. The van der Waals surface area contributed by atoms with E-state index in [2.05, 4.69) is 45.3 Å². The second-order valence-electron chi connectivity index (χ2n) is 6.66. The molecule has 2 heterocycles. The fraction of sp³-hybridized carbons (Fsp3) is 0.421. The third kappa shape index (κ3) is 5.33. The molecule has 0 saturated carbocycles. The number of benzene rings is 1. The molecule has 0 bridgehead atoms. The van der Waals surface area contributed by atoms with E-state index in [0.29, 0.717) is 17.4 Å². The summed E-state index contributed by atoms with van der Waals surface area (Å²) in [5.41, 5.74) is 2.32. The summed E-state index contributed by atoms with van der Waals surface area (Å²) in [5.74, 6) is 0.261. The summed E-state index contributed by atoms with van der Waals surface area (Å²) >= 11 is 6.50. The van der Waals surface area contributed by atoms with Crippen molar-refractivity contribution in [2.45, 2.75) is 31.6 Å². The molecule has 1 aromatic heterocycles. The summed E-state index contributed by atoms with van der Waals surface area (Å²) in [6.07, 6.45) is 3.32. The van der Waals surface area contributed by atoms with Gasteiger partial charge in [-0.25, -0.2) is 4.98 Å². The van der Waals surface area contributed by atoms with Crippen molar-refractivity contribution in [3.05, 3.63) is 39.3 Å². The smallest absolute Gasteiger partial charge is 0.232 e. The molecule has 1 aromatic carbocycles. The van der Waals surface area contributed by atoms with Gasteiger partial charge in [-0.05, 0) is 49.9 Å². The zero-order valence-corrected chi connectivity index (χ0v) is 18.5. The van der Waals surface area contributed by atoms with Gasteiger partial charge < -0.3 is 10.2 Å². The molecule has 0 spiro atoms. The molecule has 2 aromatic rings. The van der Waals surface area contributed by atoms with Crippen LogP contribution in [0.15, 0.2) is 33.1 Å². The first kappa shape index (κ1) is 20.4. The minimum absolute atomic E-state index is 0.0468. The Hall–Kier alpha value is -1.38. The molecule has 0 unspecified atom stereocenters. The number of rotatable bonds is 5. The number of likely N-dealkylation sites (tertiary alicyclic amines) is 1. The number of thioether (sulfide) groups is 1. The van der Waals surface area contributed by atoms with Crippen LogP contribution in [-0.2, 0) is 9.59 Å². The zero-order chi connectivity index (χ0) is 19.4. The van der Waals surface area contributed by atoms with Gasteiger partial charge in [0.15, 0.2) is 5.13 Å². The summed E-state index contributed by atoms with van der Waals surface area (Å²) in [6, 6.07) is 4.19. The van der Waals surface area contributed by atoms with Gasteiger partial charge in [0.2, 0.25) is 11.8 Å². The van der Waals surface area contributed by atoms with E-state index in [1.807, 2.05) is 17.2 Å². The largest absolute Gasteiger partial charge is 0.341 e. The van der Waals surface area contributed by atoms with Crippen LogP contribution in [0.2, 0.25) is 0 Å². The van der Waals surface area contributed by atoms with Crippen molar-refractivity contribution in [3.8, 4) is 0 Å². The molecule has 144 valence electrons. The molecule has 5 nitrogen and oxygen atoms in total. The van der Waals surface area contributed by atoms with Crippen LogP contribution in [0.25, 0.3) is 0 Å². The molecule has 27 heavy (non-hydrogen) atoms. The van der Waals surface area contributed by atoms with Gasteiger partial charge in [0.1, 0.15) is 0 Å². The molecule has 1 aliphatic heterocycles. The molecule has 1 aliphatic rings. The summed E-state index contributed by atoms with van der Waals surface area (Å²) in [6.45, 7) is 5.30. The number of nitrogens with zero attached hydrogens (tertiary/aromatic N) is 2. The summed E-state index contributed by atoms with van der Waals surface area (Å²) in [4.78, 5) is 32.1. The number of anilines is 1. The Labute approximate surface area is 176 Å². The number of hydrogen-bond donors (Lipinski definition) is 1. The number of aromatic nitrogens is 1. The van der Waals surface area contributed by atoms with Crippen molar-refractivity contribution >= 4 is 56.0 Å². The van der Waals surface area contributed by atoms with Crippen LogP contribution >= 0.6 is 39.0 Å². The monoisotopic (exact) mass is 467 g/mol. The van der Waals surface area contributed by atoms with E-state index in [1.165, 1.54) is 11.3 Å². The quantitative estimate of drug-likeness (QED) is 0.657. The third-order valence-electron chi connectivity index (χ3n) is 4.61. The molecule has 0 aliphatic carbocycles. The van der Waals surface area contributed by atoms with Crippen LogP contribution in [0.1, 0.15) is 24.0 Å². The lowest BCUT2D eigenvalue weighted by molar-refractivity contribution is -0.132. The van der Waals surface area contributed by atoms with E-state index in [0.717, 1.165) is 39.9 Å². The van der Waals surface area contributed by atoms with Gasteiger partial charge in [-0.15, -0.1) is 23.1 Å². The summed E-state index contributed by atoms with van der Waals surface area (Å²) in [5, 5.41) is 5.29. The maximum absolute atomic E-state index is 12.7. The highest BCUT2D eigenvalue weighted by Gasteiger charge is 2.28. The highest BCUT2D eigenvalue weighted by Crippen LogP contribution is 2.29. The van der Waals surface area contributed by atoms with E-state index in [1.54, 1.807) is 18.0 Å². The second-order valence-corrected chi connectivity index (χ2v) is 9.43. The molecule has 2 amide bonds. The SMILES string of the molecule is Cc1cc(SCC(=O)N2CCC[C@@H](C(=O)Nc3nccs3)C2)c(C)cc1Br. The van der Waals surface area contributed by atoms with E-state index in [-0.39, 0.29) is 17.7 Å². The highest BCUT2D eigenvalue weighted by molar-refractivity contribution is 9.10. The first-order chi connectivity index (χ1) is 12.9.